The first-order valence-corrected chi connectivity index (χ1v) is 10.6. The van der Waals surface area contributed by atoms with Crippen molar-refractivity contribution in [2.75, 3.05) is 5.32 Å². The summed E-state index contributed by atoms with van der Waals surface area (Å²) in [6.45, 7) is 0. The first kappa shape index (κ1) is 18.8. The van der Waals surface area contributed by atoms with E-state index in [2.05, 4.69) is 11.4 Å². The largest absolute Gasteiger partial charge is 0.457 e. The molecule has 0 atom stereocenters. The number of ketones is 1. The van der Waals surface area contributed by atoms with Gasteiger partial charge in [0.2, 0.25) is 0 Å². The number of hydrogen-bond donors (Lipinski definition) is 1. The van der Waals surface area contributed by atoms with Crippen molar-refractivity contribution < 1.29 is 9.21 Å². The highest BCUT2D eigenvalue weighted by Crippen LogP contribution is 2.44. The van der Waals surface area contributed by atoms with Crippen LogP contribution >= 0.6 is 23.4 Å². The predicted molar refractivity (Wildman–Crippen MR) is 123 cm³/mol. The summed E-state index contributed by atoms with van der Waals surface area (Å²) in [5.41, 5.74) is 3.52. The minimum absolute atomic E-state index is 0.0795. The number of benzene rings is 3. The summed E-state index contributed by atoms with van der Waals surface area (Å²) in [5.74, 6) is 1.24. The fourth-order valence-corrected chi connectivity index (χ4v) is 4.44. The van der Waals surface area contributed by atoms with Crippen LogP contribution in [0.5, 0.6) is 0 Å². The van der Waals surface area contributed by atoms with Gasteiger partial charge >= 0.3 is 0 Å². The van der Waals surface area contributed by atoms with Crippen molar-refractivity contribution in [3.05, 3.63) is 101 Å². The first-order chi connectivity index (χ1) is 14.7. The van der Waals surface area contributed by atoms with Crippen LogP contribution in [0.2, 0.25) is 5.02 Å². The lowest BCUT2D eigenvalue weighted by Crippen LogP contribution is -2.02. The molecule has 0 aliphatic carbocycles. The summed E-state index contributed by atoms with van der Waals surface area (Å²) in [6.07, 6.45) is 3.22. The Balaban J connectivity index is 1.33. The van der Waals surface area contributed by atoms with Crippen molar-refractivity contribution >= 4 is 46.6 Å². The maximum atomic E-state index is 12.7. The van der Waals surface area contributed by atoms with Crippen molar-refractivity contribution in [1.29, 1.82) is 0 Å². The summed E-state index contributed by atoms with van der Waals surface area (Å²) < 4.78 is 5.83. The van der Waals surface area contributed by atoms with Crippen LogP contribution in [0.15, 0.2) is 99.1 Å². The molecule has 5 heteroatoms. The Labute approximate surface area is 183 Å². The van der Waals surface area contributed by atoms with E-state index < -0.39 is 0 Å². The number of fused-ring (bicyclic) bond motifs is 2. The molecule has 3 nitrogen and oxygen atoms in total. The zero-order valence-electron chi connectivity index (χ0n) is 15.8. The van der Waals surface area contributed by atoms with Crippen LogP contribution in [0.1, 0.15) is 16.1 Å². The molecule has 0 bridgehead atoms. The van der Waals surface area contributed by atoms with Crippen LogP contribution in [0.3, 0.4) is 0 Å². The maximum Gasteiger partial charge on any atom is 0.186 e. The number of furan rings is 1. The molecule has 0 saturated carbocycles. The molecule has 0 unspecified atom stereocenters. The molecule has 0 radical (unpaired) electrons. The number of halogens is 1. The van der Waals surface area contributed by atoms with E-state index in [-0.39, 0.29) is 5.78 Å². The molecule has 0 spiro atoms. The zero-order valence-corrected chi connectivity index (χ0v) is 17.3. The van der Waals surface area contributed by atoms with E-state index in [1.165, 1.54) is 11.0 Å². The highest BCUT2D eigenvalue weighted by molar-refractivity contribution is 7.99. The molecule has 30 heavy (non-hydrogen) atoms. The second-order valence-corrected chi connectivity index (χ2v) is 8.36. The van der Waals surface area contributed by atoms with Crippen molar-refractivity contribution in [2.24, 2.45) is 0 Å². The Morgan fingerprint density at radius 2 is 1.77 bits per heavy atom. The van der Waals surface area contributed by atoms with Crippen LogP contribution in [-0.2, 0) is 0 Å². The summed E-state index contributed by atoms with van der Waals surface area (Å²) in [6, 6.07) is 25.0. The van der Waals surface area contributed by atoms with Gasteiger partial charge in [0.05, 0.1) is 11.4 Å². The summed E-state index contributed by atoms with van der Waals surface area (Å²) >= 11 is 7.74. The molecule has 1 aliphatic heterocycles. The Morgan fingerprint density at radius 3 is 2.67 bits per heavy atom. The van der Waals surface area contributed by atoms with Gasteiger partial charge in [-0.15, -0.1) is 0 Å². The number of carbonyl (C=O) groups is 1. The number of allylic oxidation sites excluding steroid dienone is 1. The summed E-state index contributed by atoms with van der Waals surface area (Å²) in [5, 5.41) is 4.06. The summed E-state index contributed by atoms with van der Waals surface area (Å²) in [7, 11) is 0. The van der Waals surface area contributed by atoms with Gasteiger partial charge in [0, 0.05) is 25.9 Å². The number of carbonyl (C=O) groups excluding carboxylic acids is 1. The molecule has 1 N–H and O–H groups in total. The van der Waals surface area contributed by atoms with Crippen LogP contribution in [-0.4, -0.2) is 5.78 Å². The van der Waals surface area contributed by atoms with E-state index in [1.54, 1.807) is 17.8 Å². The van der Waals surface area contributed by atoms with Gasteiger partial charge in [-0.2, -0.15) is 0 Å². The van der Waals surface area contributed by atoms with E-state index in [0.29, 0.717) is 22.1 Å². The van der Waals surface area contributed by atoms with Gasteiger partial charge in [-0.3, -0.25) is 4.79 Å². The van der Waals surface area contributed by atoms with Gasteiger partial charge < -0.3 is 9.73 Å². The summed E-state index contributed by atoms with van der Waals surface area (Å²) in [4.78, 5) is 15.0. The average molecular weight is 430 g/mol. The normalized spacial score (nSPS) is 12.3. The van der Waals surface area contributed by atoms with Gasteiger partial charge in [0.25, 0.3) is 0 Å². The molecule has 1 aromatic heterocycles. The minimum Gasteiger partial charge on any atom is -0.457 e. The lowest BCUT2D eigenvalue weighted by molar-refractivity contribution is 0.104. The number of anilines is 2. The zero-order chi connectivity index (χ0) is 20.5. The second kappa shape index (κ2) is 7.90. The van der Waals surface area contributed by atoms with E-state index in [9.17, 15) is 4.79 Å². The van der Waals surface area contributed by atoms with Crippen LogP contribution < -0.4 is 5.32 Å². The van der Waals surface area contributed by atoms with E-state index in [1.807, 2.05) is 72.8 Å². The molecule has 146 valence electrons. The van der Waals surface area contributed by atoms with Crippen LogP contribution in [0, 0.1) is 0 Å². The van der Waals surface area contributed by atoms with Crippen molar-refractivity contribution in [2.45, 2.75) is 9.79 Å². The topological polar surface area (TPSA) is 42.2 Å². The Hall–Kier alpha value is -3.21. The highest BCUT2D eigenvalue weighted by atomic mass is 35.5. The monoisotopic (exact) mass is 429 g/mol. The second-order valence-electron chi connectivity index (χ2n) is 6.84. The predicted octanol–water partition coefficient (Wildman–Crippen LogP) is 7.70. The standard InChI is InChI=1S/C25H16ClNO2S/c26-18-5-3-4-17(14-18)23-12-10-19(29-23)9-11-22(28)16-8-13-25-21(15-16)27-20-6-1-2-7-24(20)30-25/h1-15,27H/b11-9+. The maximum absolute atomic E-state index is 12.7. The Morgan fingerprint density at radius 1 is 0.900 bits per heavy atom. The molecule has 4 aromatic rings. The number of rotatable bonds is 4. The SMILES string of the molecule is O=C(/C=C/c1ccc(-c2cccc(Cl)c2)o1)c1ccc2c(c1)Nc1ccccc1S2. The number of para-hydroxylation sites is 1. The molecular weight excluding hydrogens is 414 g/mol. The van der Waals surface area contributed by atoms with Crippen LogP contribution in [0.4, 0.5) is 11.4 Å². The fourth-order valence-electron chi connectivity index (χ4n) is 3.29. The van der Waals surface area contributed by atoms with Gasteiger partial charge in [-0.1, -0.05) is 47.6 Å². The van der Waals surface area contributed by atoms with Crippen molar-refractivity contribution in [1.82, 2.24) is 0 Å². The molecule has 0 saturated heterocycles. The minimum atomic E-state index is -0.0795. The average Bonchev–Trinajstić information content (AvgIpc) is 3.25. The highest BCUT2D eigenvalue weighted by Gasteiger charge is 2.16. The molecule has 5 rings (SSSR count). The van der Waals surface area contributed by atoms with E-state index in [0.717, 1.165) is 21.8 Å². The molecule has 0 amide bonds. The molecule has 0 fully saturated rings. The lowest BCUT2D eigenvalue weighted by Gasteiger charge is -2.20. The van der Waals surface area contributed by atoms with Crippen molar-refractivity contribution in [3.63, 3.8) is 0 Å². The Kier molecular flexibility index (Phi) is 4.95. The smallest absolute Gasteiger partial charge is 0.186 e. The third-order valence-electron chi connectivity index (χ3n) is 4.78. The van der Waals surface area contributed by atoms with Gasteiger partial charge in [-0.05, 0) is 66.7 Å². The molecule has 2 heterocycles. The first-order valence-electron chi connectivity index (χ1n) is 9.42. The molecule has 3 aromatic carbocycles. The van der Waals surface area contributed by atoms with Crippen molar-refractivity contribution in [3.8, 4) is 11.3 Å². The number of hydrogen-bond acceptors (Lipinski definition) is 4. The third kappa shape index (κ3) is 3.80. The quantitative estimate of drug-likeness (QED) is 0.234. The van der Waals surface area contributed by atoms with Gasteiger partial charge in [0.1, 0.15) is 11.5 Å². The Bertz CT molecular complexity index is 1290. The molecule has 1 aliphatic rings. The molecular formula is C25H16ClNO2S. The van der Waals surface area contributed by atoms with E-state index in [4.69, 9.17) is 16.0 Å². The fraction of sp³-hybridized carbons (Fsp3) is 0. The number of nitrogens with one attached hydrogen (secondary N) is 1. The lowest BCUT2D eigenvalue weighted by atomic mass is 10.1. The van der Waals surface area contributed by atoms with Gasteiger partial charge in [0.15, 0.2) is 5.78 Å². The van der Waals surface area contributed by atoms with E-state index >= 15 is 0 Å². The van der Waals surface area contributed by atoms with Crippen LogP contribution in [0.25, 0.3) is 17.4 Å². The van der Waals surface area contributed by atoms with Gasteiger partial charge in [-0.25, -0.2) is 0 Å². The third-order valence-corrected chi connectivity index (χ3v) is 6.16.